The number of hydrogen-bond donors (Lipinski definition) is 3. The Morgan fingerprint density at radius 1 is 1.29 bits per heavy atom. The van der Waals surface area contributed by atoms with E-state index >= 15 is 0 Å². The van der Waals surface area contributed by atoms with Crippen molar-refractivity contribution in [1.82, 2.24) is 15.6 Å². The average molecular weight is 302 g/mol. The number of anilines is 1. The molecule has 0 aliphatic carbocycles. The molecule has 4 nitrogen and oxygen atoms in total. The highest BCUT2D eigenvalue weighted by atomic mass is 19.4. The molecule has 0 unspecified atom stereocenters. The third-order valence-corrected chi connectivity index (χ3v) is 3.45. The molecule has 0 amide bonds. The molecule has 118 valence electrons. The first-order chi connectivity index (χ1) is 9.99. The molecule has 0 radical (unpaired) electrons. The first-order valence-electron chi connectivity index (χ1n) is 7.25. The minimum absolute atomic E-state index is 0.175. The lowest BCUT2D eigenvalue weighted by Crippen LogP contribution is -2.35. The maximum absolute atomic E-state index is 12.9. The van der Waals surface area contributed by atoms with E-state index in [9.17, 15) is 13.2 Å². The van der Waals surface area contributed by atoms with Gasteiger partial charge in [-0.2, -0.15) is 13.2 Å². The summed E-state index contributed by atoms with van der Waals surface area (Å²) in [5, 5.41) is 9.40. The van der Waals surface area contributed by atoms with E-state index in [0.29, 0.717) is 24.5 Å². The van der Waals surface area contributed by atoms with Crippen molar-refractivity contribution >= 4 is 5.82 Å². The number of hydrogen-bond acceptors (Lipinski definition) is 4. The third-order valence-electron chi connectivity index (χ3n) is 3.45. The molecule has 2 rings (SSSR count). The molecule has 21 heavy (non-hydrogen) atoms. The summed E-state index contributed by atoms with van der Waals surface area (Å²) < 4.78 is 38.8. The summed E-state index contributed by atoms with van der Waals surface area (Å²) >= 11 is 0. The average Bonchev–Trinajstić information content (AvgIpc) is 2.45. The van der Waals surface area contributed by atoms with Gasteiger partial charge >= 0.3 is 6.18 Å². The standard InChI is InChI=1S/C14H21F3N4/c1-2-18-9-10-7-12(14(15,16)17)21-13(8-10)20-11-3-5-19-6-4-11/h7-8,11,18-19H,2-6,9H2,1H3,(H,20,21). The summed E-state index contributed by atoms with van der Waals surface area (Å²) in [4.78, 5) is 3.72. The molecule has 0 aromatic carbocycles. The van der Waals surface area contributed by atoms with E-state index in [2.05, 4.69) is 20.9 Å². The van der Waals surface area contributed by atoms with Crippen molar-refractivity contribution in [3.63, 3.8) is 0 Å². The molecular weight excluding hydrogens is 281 g/mol. The maximum atomic E-state index is 12.9. The zero-order chi connectivity index (χ0) is 15.3. The molecule has 1 aliphatic heterocycles. The molecule has 0 saturated carbocycles. The van der Waals surface area contributed by atoms with Crippen molar-refractivity contribution in [2.24, 2.45) is 0 Å². The van der Waals surface area contributed by atoms with Gasteiger partial charge < -0.3 is 16.0 Å². The number of halogens is 3. The van der Waals surface area contributed by atoms with Crippen LogP contribution in [0, 0.1) is 0 Å². The van der Waals surface area contributed by atoms with E-state index in [1.165, 1.54) is 0 Å². The van der Waals surface area contributed by atoms with Crippen molar-refractivity contribution < 1.29 is 13.2 Å². The van der Waals surface area contributed by atoms with Crippen LogP contribution in [0.15, 0.2) is 12.1 Å². The largest absolute Gasteiger partial charge is 0.433 e. The van der Waals surface area contributed by atoms with Gasteiger partial charge in [0.1, 0.15) is 11.5 Å². The highest BCUT2D eigenvalue weighted by molar-refractivity contribution is 5.41. The zero-order valence-electron chi connectivity index (χ0n) is 12.1. The molecular formula is C14H21F3N4. The second kappa shape index (κ2) is 7.09. The van der Waals surface area contributed by atoms with Gasteiger partial charge in [-0.05, 0) is 50.2 Å². The normalized spacial score (nSPS) is 17.0. The number of rotatable bonds is 5. The fourth-order valence-electron chi connectivity index (χ4n) is 2.35. The fourth-order valence-corrected chi connectivity index (χ4v) is 2.35. The summed E-state index contributed by atoms with van der Waals surface area (Å²) in [6, 6.07) is 2.98. The molecule has 1 saturated heterocycles. The molecule has 1 fully saturated rings. The Labute approximate surface area is 122 Å². The number of aromatic nitrogens is 1. The summed E-state index contributed by atoms with van der Waals surface area (Å²) in [6.07, 6.45) is -2.65. The van der Waals surface area contributed by atoms with Crippen LogP contribution in [0.3, 0.4) is 0 Å². The van der Waals surface area contributed by atoms with Crippen LogP contribution in [0.5, 0.6) is 0 Å². The quantitative estimate of drug-likeness (QED) is 0.781. The van der Waals surface area contributed by atoms with Crippen molar-refractivity contribution in [3.8, 4) is 0 Å². The summed E-state index contributed by atoms with van der Waals surface area (Å²) in [7, 11) is 0. The molecule has 7 heteroatoms. The minimum Gasteiger partial charge on any atom is -0.367 e. The highest BCUT2D eigenvalue weighted by Gasteiger charge is 2.33. The second-order valence-electron chi connectivity index (χ2n) is 5.19. The van der Waals surface area contributed by atoms with Crippen LogP contribution in [0.4, 0.5) is 19.0 Å². The Balaban J connectivity index is 2.17. The number of nitrogens with one attached hydrogen (secondary N) is 3. The first kappa shape index (κ1) is 16.0. The van der Waals surface area contributed by atoms with Crippen molar-refractivity contribution in [2.45, 2.75) is 38.5 Å². The van der Waals surface area contributed by atoms with Crippen LogP contribution in [0.1, 0.15) is 31.0 Å². The minimum atomic E-state index is -4.42. The van der Waals surface area contributed by atoms with Crippen LogP contribution >= 0.6 is 0 Å². The summed E-state index contributed by atoms with van der Waals surface area (Å²) in [6.45, 7) is 4.78. The van der Waals surface area contributed by atoms with Gasteiger partial charge in [0.2, 0.25) is 0 Å². The molecule has 1 aromatic heterocycles. The Kier molecular flexibility index (Phi) is 5.41. The van der Waals surface area contributed by atoms with Crippen LogP contribution in [0.25, 0.3) is 0 Å². The van der Waals surface area contributed by atoms with Gasteiger partial charge in [0.25, 0.3) is 0 Å². The number of alkyl halides is 3. The Morgan fingerprint density at radius 2 is 2.00 bits per heavy atom. The lowest BCUT2D eigenvalue weighted by Gasteiger charge is -2.24. The molecule has 1 aliphatic rings. The second-order valence-corrected chi connectivity index (χ2v) is 5.19. The number of piperidine rings is 1. The van der Waals surface area contributed by atoms with Gasteiger partial charge in [-0.15, -0.1) is 0 Å². The smallest absolute Gasteiger partial charge is 0.367 e. The van der Waals surface area contributed by atoms with Crippen LogP contribution in [-0.2, 0) is 12.7 Å². The van der Waals surface area contributed by atoms with Crippen LogP contribution in [-0.4, -0.2) is 30.7 Å². The third kappa shape index (κ3) is 4.86. The lowest BCUT2D eigenvalue weighted by molar-refractivity contribution is -0.141. The first-order valence-corrected chi connectivity index (χ1v) is 7.25. The number of pyridine rings is 1. The number of nitrogens with zero attached hydrogens (tertiary/aromatic N) is 1. The van der Waals surface area contributed by atoms with Gasteiger partial charge in [-0.1, -0.05) is 6.92 Å². The van der Waals surface area contributed by atoms with Gasteiger partial charge in [-0.3, -0.25) is 0 Å². The Hall–Kier alpha value is -1.34. The van der Waals surface area contributed by atoms with Gasteiger partial charge in [0.05, 0.1) is 0 Å². The Bertz CT molecular complexity index is 456. The van der Waals surface area contributed by atoms with E-state index in [0.717, 1.165) is 32.0 Å². The Morgan fingerprint density at radius 3 is 2.62 bits per heavy atom. The monoisotopic (exact) mass is 302 g/mol. The molecule has 0 atom stereocenters. The van der Waals surface area contributed by atoms with Gasteiger partial charge in [0, 0.05) is 12.6 Å². The molecule has 3 N–H and O–H groups in total. The van der Waals surface area contributed by atoms with E-state index < -0.39 is 11.9 Å². The molecule has 1 aromatic rings. The van der Waals surface area contributed by atoms with E-state index in [-0.39, 0.29) is 6.04 Å². The summed E-state index contributed by atoms with van der Waals surface area (Å²) in [5.41, 5.74) is -0.245. The summed E-state index contributed by atoms with van der Waals surface area (Å²) in [5.74, 6) is 0.310. The maximum Gasteiger partial charge on any atom is 0.433 e. The fraction of sp³-hybridized carbons (Fsp3) is 0.643. The van der Waals surface area contributed by atoms with Crippen molar-refractivity contribution in [1.29, 1.82) is 0 Å². The van der Waals surface area contributed by atoms with E-state index in [4.69, 9.17) is 0 Å². The molecule has 2 heterocycles. The van der Waals surface area contributed by atoms with E-state index in [1.54, 1.807) is 6.07 Å². The van der Waals surface area contributed by atoms with Crippen molar-refractivity contribution in [3.05, 3.63) is 23.4 Å². The van der Waals surface area contributed by atoms with Crippen LogP contribution < -0.4 is 16.0 Å². The topological polar surface area (TPSA) is 49.0 Å². The van der Waals surface area contributed by atoms with Crippen molar-refractivity contribution in [2.75, 3.05) is 25.0 Å². The highest BCUT2D eigenvalue weighted by Crippen LogP contribution is 2.29. The van der Waals surface area contributed by atoms with Crippen LogP contribution in [0.2, 0.25) is 0 Å². The SMILES string of the molecule is CCNCc1cc(NC2CCNCC2)nc(C(F)(F)F)c1. The zero-order valence-corrected chi connectivity index (χ0v) is 12.1. The molecule has 0 spiro atoms. The predicted molar refractivity (Wildman–Crippen MR) is 76.1 cm³/mol. The predicted octanol–water partition coefficient (Wildman–Crippen LogP) is 2.37. The molecule has 0 bridgehead atoms. The van der Waals surface area contributed by atoms with Gasteiger partial charge in [0.15, 0.2) is 0 Å². The van der Waals surface area contributed by atoms with Gasteiger partial charge in [-0.25, -0.2) is 4.98 Å². The lowest BCUT2D eigenvalue weighted by atomic mass is 10.1. The van der Waals surface area contributed by atoms with E-state index in [1.807, 2.05) is 6.92 Å².